The van der Waals surface area contributed by atoms with E-state index in [1.54, 1.807) is 12.3 Å². The molecule has 66 valence electrons. The van der Waals surface area contributed by atoms with Gasteiger partial charge in [0.05, 0.1) is 6.26 Å². The highest BCUT2D eigenvalue weighted by Gasteiger charge is 2.06. The molecule has 0 bridgehead atoms. The van der Waals surface area contributed by atoms with E-state index < -0.39 is 0 Å². The zero-order valence-electron chi connectivity index (χ0n) is 7.32. The van der Waals surface area contributed by atoms with Gasteiger partial charge in [-0.25, -0.2) is 0 Å². The summed E-state index contributed by atoms with van der Waals surface area (Å²) in [5.41, 5.74) is 0. The first-order chi connectivity index (χ1) is 5.83. The predicted molar refractivity (Wildman–Crippen MR) is 47.7 cm³/mol. The summed E-state index contributed by atoms with van der Waals surface area (Å²) in [6.07, 6.45) is 9.84. The van der Waals surface area contributed by atoms with Gasteiger partial charge in [-0.05, 0) is 31.1 Å². The van der Waals surface area contributed by atoms with Crippen molar-refractivity contribution in [3.8, 4) is 0 Å². The summed E-state index contributed by atoms with van der Waals surface area (Å²) < 4.78 is 5.25. The maximum absolute atomic E-state index is 10.9. The molecular formula is C10H14O2. The number of hydrogen-bond acceptors (Lipinski definition) is 2. The highest BCUT2D eigenvalue weighted by atomic mass is 16.5. The van der Waals surface area contributed by atoms with E-state index in [1.807, 2.05) is 19.1 Å². The maximum atomic E-state index is 10.9. The zero-order chi connectivity index (χ0) is 8.81. The number of ketones is 1. The third-order valence-electron chi connectivity index (χ3n) is 1.81. The molecular weight excluding hydrogens is 152 g/mol. The van der Waals surface area contributed by atoms with E-state index in [9.17, 15) is 4.79 Å². The molecule has 0 aromatic heterocycles. The lowest BCUT2D eigenvalue weighted by atomic mass is 10.1. The van der Waals surface area contributed by atoms with Gasteiger partial charge in [0.1, 0.15) is 6.10 Å². The van der Waals surface area contributed by atoms with Crippen LogP contribution < -0.4 is 0 Å². The number of hydrogen-bond donors (Lipinski definition) is 0. The first kappa shape index (κ1) is 9.04. The van der Waals surface area contributed by atoms with Crippen molar-refractivity contribution in [2.75, 3.05) is 0 Å². The van der Waals surface area contributed by atoms with Gasteiger partial charge in [-0.15, -0.1) is 0 Å². The predicted octanol–water partition coefficient (Wildman–Crippen LogP) is 2.21. The molecule has 0 aliphatic carbocycles. The maximum Gasteiger partial charge on any atom is 0.155 e. The number of ether oxygens (including phenoxy) is 1. The largest absolute Gasteiger partial charge is 0.494 e. The van der Waals surface area contributed by atoms with Crippen LogP contribution in [0.25, 0.3) is 0 Å². The average Bonchev–Trinajstić information content (AvgIpc) is 2.16. The molecule has 2 heteroatoms. The first-order valence-corrected chi connectivity index (χ1v) is 4.34. The Morgan fingerprint density at radius 3 is 3.17 bits per heavy atom. The lowest BCUT2D eigenvalue weighted by molar-refractivity contribution is -0.114. The average molecular weight is 166 g/mol. The van der Waals surface area contributed by atoms with Crippen molar-refractivity contribution in [3.05, 3.63) is 24.5 Å². The van der Waals surface area contributed by atoms with Crippen LogP contribution in [0.5, 0.6) is 0 Å². The van der Waals surface area contributed by atoms with E-state index in [1.165, 1.54) is 0 Å². The van der Waals surface area contributed by atoms with Gasteiger partial charge in [-0.1, -0.05) is 6.92 Å². The van der Waals surface area contributed by atoms with Crippen molar-refractivity contribution in [1.29, 1.82) is 0 Å². The fourth-order valence-corrected chi connectivity index (χ4v) is 1.03. The van der Waals surface area contributed by atoms with Crippen LogP contribution in [0.1, 0.15) is 26.2 Å². The molecule has 0 spiro atoms. The molecule has 0 saturated carbocycles. The Bertz CT molecular complexity index is 204. The Morgan fingerprint density at radius 1 is 1.75 bits per heavy atom. The van der Waals surface area contributed by atoms with E-state index in [2.05, 4.69) is 0 Å². The van der Waals surface area contributed by atoms with Crippen molar-refractivity contribution >= 4 is 5.78 Å². The Balaban J connectivity index is 2.34. The van der Waals surface area contributed by atoms with Crippen LogP contribution >= 0.6 is 0 Å². The highest BCUT2D eigenvalue weighted by molar-refractivity contribution is 5.89. The van der Waals surface area contributed by atoms with Crippen LogP contribution in [0.2, 0.25) is 0 Å². The summed E-state index contributed by atoms with van der Waals surface area (Å²) in [7, 11) is 0. The Morgan fingerprint density at radius 2 is 2.58 bits per heavy atom. The summed E-state index contributed by atoms with van der Waals surface area (Å²) in [6, 6.07) is 0. The minimum atomic E-state index is 0.102. The lowest BCUT2D eigenvalue weighted by Gasteiger charge is -2.14. The van der Waals surface area contributed by atoms with Crippen LogP contribution in [0.4, 0.5) is 0 Å². The molecule has 0 N–H and O–H groups in total. The van der Waals surface area contributed by atoms with E-state index in [0.717, 1.165) is 12.8 Å². The second-order valence-electron chi connectivity index (χ2n) is 2.80. The van der Waals surface area contributed by atoms with E-state index in [-0.39, 0.29) is 11.9 Å². The number of carbonyl (C=O) groups is 1. The molecule has 0 saturated heterocycles. The molecule has 1 rings (SSSR count). The summed E-state index contributed by atoms with van der Waals surface area (Å²) in [6.45, 7) is 1.86. The molecule has 1 atom stereocenters. The van der Waals surface area contributed by atoms with Gasteiger partial charge >= 0.3 is 0 Å². The first-order valence-electron chi connectivity index (χ1n) is 4.34. The van der Waals surface area contributed by atoms with E-state index in [4.69, 9.17) is 4.74 Å². The fourth-order valence-electron chi connectivity index (χ4n) is 1.03. The van der Waals surface area contributed by atoms with Gasteiger partial charge in [0.25, 0.3) is 0 Å². The second kappa shape index (κ2) is 4.75. The van der Waals surface area contributed by atoms with Gasteiger partial charge in [0.15, 0.2) is 5.78 Å². The summed E-state index contributed by atoms with van der Waals surface area (Å²) >= 11 is 0. The van der Waals surface area contributed by atoms with Crippen molar-refractivity contribution in [2.24, 2.45) is 0 Å². The molecule has 0 aromatic rings. The SMILES string of the molecule is CCC(=O)/C=C/C1CCC=CO1. The van der Waals surface area contributed by atoms with Gasteiger partial charge in [-0.3, -0.25) is 4.79 Å². The molecule has 1 unspecified atom stereocenters. The van der Waals surface area contributed by atoms with Crippen LogP contribution in [0.15, 0.2) is 24.5 Å². The topological polar surface area (TPSA) is 26.3 Å². The Kier molecular flexibility index (Phi) is 3.58. The minimum absolute atomic E-state index is 0.102. The van der Waals surface area contributed by atoms with Crippen LogP contribution in [-0.2, 0) is 9.53 Å². The monoisotopic (exact) mass is 166 g/mol. The Hall–Kier alpha value is -1.05. The minimum Gasteiger partial charge on any atom is -0.494 e. The molecule has 0 aromatic carbocycles. The molecule has 12 heavy (non-hydrogen) atoms. The fraction of sp³-hybridized carbons (Fsp3) is 0.500. The van der Waals surface area contributed by atoms with Crippen LogP contribution in [0, 0.1) is 0 Å². The van der Waals surface area contributed by atoms with Crippen LogP contribution in [-0.4, -0.2) is 11.9 Å². The highest BCUT2D eigenvalue weighted by Crippen LogP contribution is 2.11. The third-order valence-corrected chi connectivity index (χ3v) is 1.81. The summed E-state index contributed by atoms with van der Waals surface area (Å²) in [5, 5.41) is 0. The van der Waals surface area contributed by atoms with Crippen molar-refractivity contribution in [3.63, 3.8) is 0 Å². The number of rotatable bonds is 3. The standard InChI is InChI=1S/C10H14O2/c1-2-9(11)6-7-10-5-3-4-8-12-10/h4,6-8,10H,2-3,5H2,1H3/b7-6+. The molecule has 0 fully saturated rings. The van der Waals surface area contributed by atoms with Gasteiger partial charge < -0.3 is 4.74 Å². The molecule has 1 heterocycles. The van der Waals surface area contributed by atoms with Crippen LogP contribution in [0.3, 0.4) is 0 Å². The van der Waals surface area contributed by atoms with Crippen molar-refractivity contribution in [1.82, 2.24) is 0 Å². The normalized spacial score (nSPS) is 22.6. The second-order valence-corrected chi connectivity index (χ2v) is 2.80. The van der Waals surface area contributed by atoms with E-state index >= 15 is 0 Å². The van der Waals surface area contributed by atoms with E-state index in [0.29, 0.717) is 6.42 Å². The molecule has 1 aliphatic rings. The van der Waals surface area contributed by atoms with Gasteiger partial charge in [0, 0.05) is 6.42 Å². The summed E-state index contributed by atoms with van der Waals surface area (Å²) in [4.78, 5) is 10.9. The molecule has 2 nitrogen and oxygen atoms in total. The zero-order valence-corrected chi connectivity index (χ0v) is 7.32. The van der Waals surface area contributed by atoms with Gasteiger partial charge in [-0.2, -0.15) is 0 Å². The smallest absolute Gasteiger partial charge is 0.155 e. The molecule has 0 amide bonds. The van der Waals surface area contributed by atoms with Crippen molar-refractivity contribution < 1.29 is 9.53 Å². The Labute approximate surface area is 72.9 Å². The quantitative estimate of drug-likeness (QED) is 0.601. The third kappa shape index (κ3) is 2.91. The lowest BCUT2D eigenvalue weighted by Crippen LogP contribution is -2.09. The molecule has 1 aliphatic heterocycles. The summed E-state index contributed by atoms with van der Waals surface area (Å²) in [5.74, 6) is 0.160. The molecule has 0 radical (unpaired) electrons. The van der Waals surface area contributed by atoms with Crippen molar-refractivity contribution in [2.45, 2.75) is 32.3 Å². The van der Waals surface area contributed by atoms with Gasteiger partial charge in [0.2, 0.25) is 0 Å². The number of carbonyl (C=O) groups excluding carboxylic acids is 1. The number of allylic oxidation sites excluding steroid dienone is 2.